The lowest BCUT2D eigenvalue weighted by Crippen LogP contribution is -2.52. The van der Waals surface area contributed by atoms with Crippen LogP contribution in [0.3, 0.4) is 0 Å². The average Bonchev–Trinajstić information content (AvgIpc) is 3.00. The van der Waals surface area contributed by atoms with Crippen LogP contribution in [0.1, 0.15) is 44.5 Å². The van der Waals surface area contributed by atoms with Gasteiger partial charge < -0.3 is 15.0 Å². The number of carbonyl (C=O) groups is 2. The van der Waals surface area contributed by atoms with Crippen molar-refractivity contribution in [3.8, 4) is 5.75 Å². The molecule has 0 aliphatic carbocycles. The Morgan fingerprint density at radius 2 is 2.12 bits per heavy atom. The Hall–Kier alpha value is -1.69. The van der Waals surface area contributed by atoms with Gasteiger partial charge in [0.1, 0.15) is 11.8 Å². The van der Waals surface area contributed by atoms with E-state index in [9.17, 15) is 9.59 Å². The standard InChI is InChI=1S/C18H26N2O3S/c1-5-9-23-14-8-6-7-13(10-14)17(22)20-12-24-11-15(20)16(21)19-18(2,3)4/h6-8,10,15H,5,9,11-12H2,1-4H3,(H,19,21). The van der Waals surface area contributed by atoms with Crippen molar-refractivity contribution < 1.29 is 14.3 Å². The molecule has 6 heteroatoms. The normalized spacial score (nSPS) is 17.7. The van der Waals surface area contributed by atoms with Crippen molar-refractivity contribution in [3.63, 3.8) is 0 Å². The van der Waals surface area contributed by atoms with Crippen LogP contribution in [0.2, 0.25) is 0 Å². The minimum atomic E-state index is -0.429. The summed E-state index contributed by atoms with van der Waals surface area (Å²) in [7, 11) is 0. The van der Waals surface area contributed by atoms with Crippen molar-refractivity contribution in [1.29, 1.82) is 0 Å². The summed E-state index contributed by atoms with van der Waals surface area (Å²) in [6, 6.07) is 6.74. The van der Waals surface area contributed by atoms with Crippen LogP contribution in [-0.4, -0.2) is 46.5 Å². The Morgan fingerprint density at radius 3 is 2.79 bits per heavy atom. The zero-order chi connectivity index (χ0) is 17.7. The Balaban J connectivity index is 2.11. The van der Waals surface area contributed by atoms with Gasteiger partial charge in [-0.15, -0.1) is 11.8 Å². The van der Waals surface area contributed by atoms with Gasteiger partial charge in [0, 0.05) is 16.9 Å². The van der Waals surface area contributed by atoms with Crippen molar-refractivity contribution >= 4 is 23.6 Å². The van der Waals surface area contributed by atoms with Gasteiger partial charge in [0.05, 0.1) is 12.5 Å². The van der Waals surface area contributed by atoms with Gasteiger partial charge in [-0.2, -0.15) is 0 Å². The van der Waals surface area contributed by atoms with E-state index >= 15 is 0 Å². The molecule has 1 aliphatic rings. The van der Waals surface area contributed by atoms with Gasteiger partial charge in [0.2, 0.25) is 5.91 Å². The molecule has 0 spiro atoms. The molecule has 132 valence electrons. The van der Waals surface area contributed by atoms with Gasteiger partial charge in [-0.3, -0.25) is 9.59 Å². The quantitative estimate of drug-likeness (QED) is 0.887. The van der Waals surface area contributed by atoms with Crippen molar-refractivity contribution in [2.75, 3.05) is 18.2 Å². The lowest BCUT2D eigenvalue weighted by molar-refractivity contribution is -0.125. The maximum absolute atomic E-state index is 12.8. The summed E-state index contributed by atoms with van der Waals surface area (Å²) in [6.07, 6.45) is 0.913. The zero-order valence-electron chi connectivity index (χ0n) is 14.8. The highest BCUT2D eigenvalue weighted by atomic mass is 32.2. The SMILES string of the molecule is CCCOc1cccc(C(=O)N2CSCC2C(=O)NC(C)(C)C)c1. The minimum absolute atomic E-state index is 0.0979. The first kappa shape index (κ1) is 18.6. The minimum Gasteiger partial charge on any atom is -0.494 e. The molecule has 1 fully saturated rings. The number of nitrogens with one attached hydrogen (secondary N) is 1. The summed E-state index contributed by atoms with van der Waals surface area (Å²) in [5.74, 6) is 1.61. The molecule has 5 nitrogen and oxygen atoms in total. The van der Waals surface area contributed by atoms with E-state index < -0.39 is 6.04 Å². The fourth-order valence-corrected chi connectivity index (χ4v) is 3.57. The molecule has 24 heavy (non-hydrogen) atoms. The third-order valence-corrected chi connectivity index (χ3v) is 4.51. The summed E-state index contributed by atoms with van der Waals surface area (Å²) in [4.78, 5) is 26.9. The van der Waals surface area contributed by atoms with Crippen LogP contribution >= 0.6 is 11.8 Å². The third kappa shape index (κ3) is 4.90. The summed E-state index contributed by atoms with van der Waals surface area (Å²) in [6.45, 7) is 8.47. The van der Waals surface area contributed by atoms with Gasteiger partial charge in [-0.1, -0.05) is 13.0 Å². The number of thioether (sulfide) groups is 1. The van der Waals surface area contributed by atoms with Gasteiger partial charge >= 0.3 is 0 Å². The lowest BCUT2D eigenvalue weighted by Gasteiger charge is -2.27. The molecule has 0 saturated carbocycles. The molecular formula is C18H26N2O3S. The summed E-state index contributed by atoms with van der Waals surface area (Å²) >= 11 is 1.60. The van der Waals surface area contributed by atoms with Gasteiger partial charge in [0.15, 0.2) is 0 Å². The third-order valence-electron chi connectivity index (χ3n) is 3.50. The molecule has 0 aromatic heterocycles. The molecule has 1 aromatic carbocycles. The van der Waals surface area contributed by atoms with Crippen LogP contribution in [0.15, 0.2) is 24.3 Å². The lowest BCUT2D eigenvalue weighted by atomic mass is 10.1. The molecule has 0 radical (unpaired) electrons. The number of ether oxygens (including phenoxy) is 1. The van der Waals surface area contributed by atoms with E-state index in [1.54, 1.807) is 28.8 Å². The van der Waals surface area contributed by atoms with Crippen LogP contribution in [-0.2, 0) is 4.79 Å². The molecule has 2 amide bonds. The first-order valence-electron chi connectivity index (χ1n) is 8.25. The monoisotopic (exact) mass is 350 g/mol. The Kier molecular flexibility index (Phi) is 6.15. The smallest absolute Gasteiger partial charge is 0.255 e. The Bertz CT molecular complexity index is 598. The highest BCUT2D eigenvalue weighted by Crippen LogP contribution is 2.25. The van der Waals surface area contributed by atoms with Crippen molar-refractivity contribution in [3.05, 3.63) is 29.8 Å². The van der Waals surface area contributed by atoms with Crippen molar-refractivity contribution in [2.24, 2.45) is 0 Å². The van der Waals surface area contributed by atoms with Crippen molar-refractivity contribution in [1.82, 2.24) is 10.2 Å². The highest BCUT2D eigenvalue weighted by Gasteiger charge is 2.36. The fraction of sp³-hybridized carbons (Fsp3) is 0.556. The van der Waals surface area contributed by atoms with E-state index in [4.69, 9.17) is 4.74 Å². The average molecular weight is 350 g/mol. The summed E-state index contributed by atoms with van der Waals surface area (Å²) < 4.78 is 5.59. The van der Waals surface area contributed by atoms with Crippen LogP contribution in [0.5, 0.6) is 5.75 Å². The predicted molar refractivity (Wildman–Crippen MR) is 97.4 cm³/mol. The molecule has 1 aliphatic heterocycles. The first-order valence-corrected chi connectivity index (χ1v) is 9.41. The number of hydrogen-bond acceptors (Lipinski definition) is 4. The van der Waals surface area contributed by atoms with Crippen LogP contribution < -0.4 is 10.1 Å². The van der Waals surface area contributed by atoms with E-state index in [0.29, 0.717) is 29.5 Å². The largest absolute Gasteiger partial charge is 0.494 e. The Morgan fingerprint density at radius 1 is 1.38 bits per heavy atom. The zero-order valence-corrected chi connectivity index (χ0v) is 15.6. The molecule has 1 heterocycles. The van der Waals surface area contributed by atoms with E-state index in [1.165, 1.54) is 0 Å². The Labute approximate surface area is 148 Å². The molecule has 0 bridgehead atoms. The molecule has 1 unspecified atom stereocenters. The van der Waals surface area contributed by atoms with E-state index in [2.05, 4.69) is 5.32 Å². The fourth-order valence-electron chi connectivity index (χ4n) is 2.42. The van der Waals surface area contributed by atoms with E-state index in [1.807, 2.05) is 39.8 Å². The molecule has 2 rings (SSSR count). The van der Waals surface area contributed by atoms with Gasteiger partial charge in [-0.05, 0) is 45.4 Å². The summed E-state index contributed by atoms with van der Waals surface area (Å²) in [5, 5.41) is 2.97. The van der Waals surface area contributed by atoms with E-state index in [0.717, 1.165) is 6.42 Å². The number of nitrogens with zero attached hydrogens (tertiary/aromatic N) is 1. The van der Waals surface area contributed by atoms with Gasteiger partial charge in [-0.25, -0.2) is 0 Å². The second kappa shape index (κ2) is 7.92. The molecule has 1 saturated heterocycles. The van der Waals surface area contributed by atoms with Crippen LogP contribution in [0, 0.1) is 0 Å². The number of hydrogen-bond donors (Lipinski definition) is 1. The highest BCUT2D eigenvalue weighted by molar-refractivity contribution is 7.99. The number of rotatable bonds is 5. The number of carbonyl (C=O) groups excluding carboxylic acids is 2. The first-order chi connectivity index (χ1) is 11.3. The second-order valence-corrected chi connectivity index (χ2v) is 7.91. The topological polar surface area (TPSA) is 58.6 Å². The number of benzene rings is 1. The number of amides is 2. The van der Waals surface area contributed by atoms with Crippen molar-refractivity contribution in [2.45, 2.75) is 45.7 Å². The molecule has 1 atom stereocenters. The van der Waals surface area contributed by atoms with Crippen LogP contribution in [0.25, 0.3) is 0 Å². The summed E-state index contributed by atoms with van der Waals surface area (Å²) in [5.41, 5.74) is 0.243. The predicted octanol–water partition coefficient (Wildman–Crippen LogP) is 2.91. The molecule has 1 N–H and O–H groups in total. The van der Waals surface area contributed by atoms with E-state index in [-0.39, 0.29) is 17.4 Å². The molecule has 1 aromatic rings. The van der Waals surface area contributed by atoms with Gasteiger partial charge in [0.25, 0.3) is 5.91 Å². The second-order valence-electron chi connectivity index (χ2n) is 6.91. The maximum Gasteiger partial charge on any atom is 0.255 e. The maximum atomic E-state index is 12.8. The van der Waals surface area contributed by atoms with Crippen LogP contribution in [0.4, 0.5) is 0 Å². The molecular weight excluding hydrogens is 324 g/mol.